The van der Waals surface area contributed by atoms with Gasteiger partial charge >= 0.3 is 0 Å². The number of halogens is 1. The summed E-state index contributed by atoms with van der Waals surface area (Å²) in [4.78, 5) is 2.21. The predicted molar refractivity (Wildman–Crippen MR) is 107 cm³/mol. The number of anilines is 1. The summed E-state index contributed by atoms with van der Waals surface area (Å²) < 4.78 is 7.51. The SMILES string of the molecule is C=CCN(CC=C)c1cc(Br)cc(OS(C)(C)C(C)(C)C)c1. The Hall–Kier alpha value is -0.870. The van der Waals surface area contributed by atoms with E-state index in [-0.39, 0.29) is 4.75 Å². The molecule has 0 fully saturated rings. The Kier molecular flexibility index (Phi) is 6.63. The molecule has 124 valence electrons. The second-order valence-electron chi connectivity index (χ2n) is 6.56. The third-order valence-electron chi connectivity index (χ3n) is 3.70. The largest absolute Gasteiger partial charge is 0.449 e. The van der Waals surface area contributed by atoms with Crippen LogP contribution in [-0.4, -0.2) is 30.3 Å². The highest BCUT2D eigenvalue weighted by Crippen LogP contribution is 2.54. The van der Waals surface area contributed by atoms with Gasteiger partial charge in [0, 0.05) is 34.1 Å². The molecule has 0 atom stereocenters. The normalized spacial score (nSPS) is 12.6. The lowest BCUT2D eigenvalue weighted by atomic mass is 10.2. The average Bonchev–Trinajstić information content (AvgIpc) is 2.35. The quantitative estimate of drug-likeness (QED) is 0.551. The molecule has 4 heteroatoms. The van der Waals surface area contributed by atoms with E-state index in [9.17, 15) is 0 Å². The molecule has 0 heterocycles. The zero-order chi connectivity index (χ0) is 17.0. The summed E-state index contributed by atoms with van der Waals surface area (Å²) in [5.74, 6) is 0.900. The third-order valence-corrected chi connectivity index (χ3v) is 7.72. The first-order valence-electron chi connectivity index (χ1n) is 7.30. The van der Waals surface area contributed by atoms with Crippen molar-refractivity contribution in [3.05, 3.63) is 48.0 Å². The highest BCUT2D eigenvalue weighted by Gasteiger charge is 2.30. The Bertz CT molecular complexity index is 524. The van der Waals surface area contributed by atoms with Crippen molar-refractivity contribution >= 4 is 31.9 Å². The summed E-state index contributed by atoms with van der Waals surface area (Å²) in [6, 6.07) is 6.22. The molecule has 0 spiro atoms. The van der Waals surface area contributed by atoms with Gasteiger partial charge in [-0.25, -0.2) is 0 Å². The molecule has 0 aliphatic heterocycles. The van der Waals surface area contributed by atoms with Crippen LogP contribution in [0.15, 0.2) is 48.0 Å². The van der Waals surface area contributed by atoms with Crippen LogP contribution in [0.3, 0.4) is 0 Å². The fourth-order valence-electron chi connectivity index (χ4n) is 1.74. The molecule has 22 heavy (non-hydrogen) atoms. The molecule has 0 saturated heterocycles. The molecule has 1 rings (SSSR count). The van der Waals surface area contributed by atoms with Crippen LogP contribution in [0.1, 0.15) is 20.8 Å². The van der Waals surface area contributed by atoms with Crippen LogP contribution < -0.4 is 9.08 Å². The fraction of sp³-hybridized carbons (Fsp3) is 0.444. The van der Waals surface area contributed by atoms with Gasteiger partial charge in [-0.05, 0) is 45.4 Å². The van der Waals surface area contributed by atoms with Crippen molar-refractivity contribution in [1.29, 1.82) is 0 Å². The molecule has 2 nitrogen and oxygen atoms in total. The second kappa shape index (κ2) is 7.60. The summed E-state index contributed by atoms with van der Waals surface area (Å²) in [6.07, 6.45) is 8.21. The van der Waals surface area contributed by atoms with Crippen molar-refractivity contribution in [1.82, 2.24) is 0 Å². The summed E-state index contributed by atoms with van der Waals surface area (Å²) in [5.41, 5.74) is 1.10. The molecular weight excluding hydrogens is 358 g/mol. The van der Waals surface area contributed by atoms with Crippen LogP contribution >= 0.6 is 26.2 Å². The molecule has 0 aliphatic rings. The van der Waals surface area contributed by atoms with Crippen molar-refractivity contribution in [2.75, 3.05) is 30.5 Å². The first-order valence-corrected chi connectivity index (χ1v) is 10.5. The maximum absolute atomic E-state index is 6.37. The van der Waals surface area contributed by atoms with E-state index in [1.807, 2.05) is 18.2 Å². The van der Waals surface area contributed by atoms with Gasteiger partial charge in [0.1, 0.15) is 5.75 Å². The van der Waals surface area contributed by atoms with E-state index in [1.54, 1.807) is 0 Å². The Balaban J connectivity index is 3.13. The average molecular weight is 386 g/mol. The Morgan fingerprint density at radius 3 is 2.14 bits per heavy atom. The first-order chi connectivity index (χ1) is 10.1. The molecule has 0 saturated carbocycles. The lowest BCUT2D eigenvalue weighted by Crippen LogP contribution is -2.27. The summed E-state index contributed by atoms with van der Waals surface area (Å²) >= 11 is 3.59. The van der Waals surface area contributed by atoms with Gasteiger partial charge in [-0.15, -0.1) is 13.2 Å². The molecule has 0 amide bonds. The van der Waals surface area contributed by atoms with Crippen molar-refractivity contribution in [2.45, 2.75) is 25.5 Å². The summed E-state index contributed by atoms with van der Waals surface area (Å²) in [6.45, 7) is 15.9. The van der Waals surface area contributed by atoms with Gasteiger partial charge in [0.2, 0.25) is 0 Å². The fourth-order valence-corrected chi connectivity index (χ4v) is 3.03. The number of hydrogen-bond donors (Lipinski definition) is 0. The minimum Gasteiger partial charge on any atom is -0.449 e. The smallest absolute Gasteiger partial charge is 0.138 e. The maximum Gasteiger partial charge on any atom is 0.138 e. The van der Waals surface area contributed by atoms with Gasteiger partial charge in [-0.1, -0.05) is 38.4 Å². The molecule has 0 N–H and O–H groups in total. The van der Waals surface area contributed by atoms with E-state index in [2.05, 4.69) is 79.4 Å². The van der Waals surface area contributed by atoms with Crippen molar-refractivity contribution in [3.8, 4) is 5.75 Å². The summed E-state index contributed by atoms with van der Waals surface area (Å²) in [5, 5.41) is 0. The van der Waals surface area contributed by atoms with Gasteiger partial charge in [0.15, 0.2) is 0 Å². The van der Waals surface area contributed by atoms with Crippen LogP contribution in [0.25, 0.3) is 0 Å². The van der Waals surface area contributed by atoms with Crippen LogP contribution in [0.2, 0.25) is 0 Å². The second-order valence-corrected chi connectivity index (χ2v) is 11.3. The highest BCUT2D eigenvalue weighted by molar-refractivity contribution is 9.10. The minimum absolute atomic E-state index is 0.122. The van der Waals surface area contributed by atoms with Crippen molar-refractivity contribution in [3.63, 3.8) is 0 Å². The molecule has 1 aromatic carbocycles. The monoisotopic (exact) mass is 385 g/mol. The number of hydrogen-bond acceptors (Lipinski definition) is 2. The first kappa shape index (κ1) is 19.2. The number of benzene rings is 1. The van der Waals surface area contributed by atoms with Gasteiger partial charge in [0.05, 0.1) is 0 Å². The van der Waals surface area contributed by atoms with E-state index >= 15 is 0 Å². The zero-order valence-electron chi connectivity index (χ0n) is 14.4. The minimum atomic E-state index is -1.21. The lowest BCUT2D eigenvalue weighted by Gasteiger charge is -2.43. The standard InChI is InChI=1S/C18H28BrNOS/c1-8-10-20(11-9-2)16-12-15(19)13-17(14-16)21-22(6,7)18(3,4)5/h8-9,12-14H,1-2,10-11H2,3-7H3. The molecule has 1 aromatic rings. The molecule has 0 radical (unpaired) electrons. The Morgan fingerprint density at radius 1 is 1.14 bits per heavy atom. The number of rotatable bonds is 7. The van der Waals surface area contributed by atoms with Gasteiger partial charge < -0.3 is 9.08 Å². The lowest BCUT2D eigenvalue weighted by molar-refractivity contribution is 0.586. The van der Waals surface area contributed by atoms with Crippen molar-refractivity contribution < 1.29 is 4.18 Å². The topological polar surface area (TPSA) is 12.5 Å². The van der Waals surface area contributed by atoms with Crippen LogP contribution in [0.4, 0.5) is 5.69 Å². The molecule has 0 bridgehead atoms. The number of nitrogens with zero attached hydrogens (tertiary/aromatic N) is 1. The van der Waals surface area contributed by atoms with Crippen LogP contribution in [-0.2, 0) is 0 Å². The van der Waals surface area contributed by atoms with E-state index < -0.39 is 10.3 Å². The molecular formula is C18H28BrNOS. The maximum atomic E-state index is 6.37. The van der Waals surface area contributed by atoms with Crippen molar-refractivity contribution in [2.24, 2.45) is 0 Å². The van der Waals surface area contributed by atoms with Gasteiger partial charge in [-0.2, -0.15) is 0 Å². The zero-order valence-corrected chi connectivity index (χ0v) is 16.8. The van der Waals surface area contributed by atoms with E-state index in [4.69, 9.17) is 4.18 Å². The van der Waals surface area contributed by atoms with Crippen LogP contribution in [0, 0.1) is 0 Å². The van der Waals surface area contributed by atoms with E-state index in [0.29, 0.717) is 0 Å². The molecule has 0 aliphatic carbocycles. The Labute approximate surface area is 145 Å². The van der Waals surface area contributed by atoms with E-state index in [1.165, 1.54) is 0 Å². The Morgan fingerprint density at radius 2 is 1.68 bits per heavy atom. The molecule has 0 aromatic heterocycles. The third kappa shape index (κ3) is 5.10. The van der Waals surface area contributed by atoms with Gasteiger partial charge in [-0.3, -0.25) is 0 Å². The van der Waals surface area contributed by atoms with E-state index in [0.717, 1.165) is 29.0 Å². The predicted octanol–water partition coefficient (Wildman–Crippen LogP) is 5.78. The summed E-state index contributed by atoms with van der Waals surface area (Å²) in [7, 11) is -1.21. The highest BCUT2D eigenvalue weighted by atomic mass is 79.9. The van der Waals surface area contributed by atoms with Gasteiger partial charge in [0.25, 0.3) is 0 Å². The molecule has 0 unspecified atom stereocenters. The van der Waals surface area contributed by atoms with Crippen LogP contribution in [0.5, 0.6) is 5.75 Å².